The number of nitrogens with one attached hydrogen (secondary N) is 2. The lowest BCUT2D eigenvalue weighted by atomic mass is 10.2. The molecule has 1 fully saturated rings. The van der Waals surface area contributed by atoms with Gasteiger partial charge in [-0.1, -0.05) is 6.07 Å². The molecule has 1 aliphatic heterocycles. The summed E-state index contributed by atoms with van der Waals surface area (Å²) in [7, 11) is -3.35. The molecular weight excluding hydrogens is 390 g/mol. The lowest BCUT2D eigenvalue weighted by molar-refractivity contribution is -0.116. The molecule has 0 atom stereocenters. The van der Waals surface area contributed by atoms with Crippen molar-refractivity contribution < 1.29 is 23.1 Å². The third kappa shape index (κ3) is 4.58. The lowest BCUT2D eigenvalue weighted by Crippen LogP contribution is -2.27. The second-order valence-corrected chi connectivity index (χ2v) is 8.94. The van der Waals surface area contributed by atoms with Gasteiger partial charge in [0.05, 0.1) is 22.0 Å². The molecule has 2 aromatic rings. The summed E-state index contributed by atoms with van der Waals surface area (Å²) in [5.74, 6) is -0.731. The molecule has 0 radical (unpaired) electrons. The first-order valence-corrected chi connectivity index (χ1v) is 10.8. The highest BCUT2D eigenvalue weighted by Crippen LogP contribution is 2.32. The van der Waals surface area contributed by atoms with E-state index < -0.39 is 15.9 Å². The van der Waals surface area contributed by atoms with Crippen molar-refractivity contribution in [2.24, 2.45) is 0 Å². The number of amides is 2. The average molecular weight is 409 g/mol. The predicted molar refractivity (Wildman–Crippen MR) is 104 cm³/mol. The smallest absolute Gasteiger partial charge is 0.261 e. The van der Waals surface area contributed by atoms with Gasteiger partial charge in [0.15, 0.2) is 0 Å². The second-order valence-electron chi connectivity index (χ2n) is 5.97. The molecule has 0 bridgehead atoms. The van der Waals surface area contributed by atoms with E-state index >= 15 is 0 Å². The van der Waals surface area contributed by atoms with Crippen LogP contribution < -0.4 is 14.9 Å². The average Bonchev–Trinajstić information content (AvgIpc) is 3.26. The molecule has 0 saturated carbocycles. The number of hydrogen-bond donors (Lipinski definition) is 3. The molecule has 1 aromatic carbocycles. The Labute approximate surface area is 160 Å². The Morgan fingerprint density at radius 1 is 1.26 bits per heavy atom. The Morgan fingerprint density at radius 2 is 2.07 bits per heavy atom. The largest absolute Gasteiger partial charge is 0.506 e. The van der Waals surface area contributed by atoms with Crippen LogP contribution in [-0.2, 0) is 14.8 Å². The SMILES string of the molecule is O=C(CCNC(=O)c1cccs1)Nc1cc(N2CCCS2(=O)=O)ccc1O. The van der Waals surface area contributed by atoms with Crippen molar-refractivity contribution in [2.75, 3.05) is 28.5 Å². The van der Waals surface area contributed by atoms with Crippen molar-refractivity contribution in [3.63, 3.8) is 0 Å². The molecule has 1 aromatic heterocycles. The van der Waals surface area contributed by atoms with Gasteiger partial charge in [-0.3, -0.25) is 13.9 Å². The number of phenols is 1. The van der Waals surface area contributed by atoms with Gasteiger partial charge in [0.1, 0.15) is 5.75 Å². The third-order valence-corrected chi connectivity index (χ3v) is 6.76. The molecule has 144 valence electrons. The van der Waals surface area contributed by atoms with Crippen LogP contribution >= 0.6 is 11.3 Å². The topological polar surface area (TPSA) is 116 Å². The summed E-state index contributed by atoms with van der Waals surface area (Å²) in [6.07, 6.45) is 0.553. The van der Waals surface area contributed by atoms with Gasteiger partial charge >= 0.3 is 0 Å². The lowest BCUT2D eigenvalue weighted by Gasteiger charge is -2.18. The summed E-state index contributed by atoms with van der Waals surface area (Å²) in [5, 5.41) is 16.9. The van der Waals surface area contributed by atoms with Crippen LogP contribution in [0, 0.1) is 0 Å². The van der Waals surface area contributed by atoms with Crippen LogP contribution in [-0.4, -0.2) is 44.2 Å². The van der Waals surface area contributed by atoms with E-state index in [1.165, 1.54) is 33.8 Å². The minimum absolute atomic E-state index is 0.0167. The molecule has 1 saturated heterocycles. The molecule has 10 heteroatoms. The zero-order valence-corrected chi connectivity index (χ0v) is 16.0. The predicted octanol–water partition coefficient (Wildman–Crippen LogP) is 1.75. The van der Waals surface area contributed by atoms with E-state index in [-0.39, 0.29) is 36.1 Å². The molecule has 0 unspecified atom stereocenters. The van der Waals surface area contributed by atoms with Crippen LogP contribution in [0.15, 0.2) is 35.7 Å². The fourth-order valence-corrected chi connectivity index (χ4v) is 4.90. The first-order chi connectivity index (χ1) is 12.9. The van der Waals surface area contributed by atoms with E-state index in [0.717, 1.165) is 0 Å². The second kappa shape index (κ2) is 7.97. The van der Waals surface area contributed by atoms with Gasteiger partial charge in [-0.15, -0.1) is 11.3 Å². The monoisotopic (exact) mass is 409 g/mol. The molecular formula is C17H19N3O5S2. The van der Waals surface area contributed by atoms with Crippen LogP contribution in [0.1, 0.15) is 22.5 Å². The van der Waals surface area contributed by atoms with Crippen LogP contribution in [0.4, 0.5) is 11.4 Å². The number of nitrogens with zero attached hydrogens (tertiary/aromatic N) is 1. The number of hydrogen-bond acceptors (Lipinski definition) is 6. The van der Waals surface area contributed by atoms with Gasteiger partial charge in [0.2, 0.25) is 15.9 Å². The summed E-state index contributed by atoms with van der Waals surface area (Å²) in [5.41, 5.74) is 0.524. The minimum atomic E-state index is -3.35. The molecule has 3 N–H and O–H groups in total. The number of carbonyl (C=O) groups is 2. The summed E-state index contributed by atoms with van der Waals surface area (Å²) in [4.78, 5) is 24.5. The Balaban J connectivity index is 1.59. The van der Waals surface area contributed by atoms with Crippen LogP contribution in [0.25, 0.3) is 0 Å². The summed E-state index contributed by atoms with van der Waals surface area (Å²) < 4.78 is 25.3. The number of phenolic OH excluding ortho intramolecular Hbond substituents is 1. The fraction of sp³-hybridized carbons (Fsp3) is 0.294. The number of benzene rings is 1. The first kappa shape index (κ1) is 19.2. The normalized spacial score (nSPS) is 15.5. The highest BCUT2D eigenvalue weighted by Gasteiger charge is 2.28. The van der Waals surface area contributed by atoms with Gasteiger partial charge in [-0.25, -0.2) is 8.42 Å². The molecule has 27 heavy (non-hydrogen) atoms. The van der Waals surface area contributed by atoms with Crippen molar-refractivity contribution in [1.82, 2.24) is 5.32 Å². The molecule has 1 aliphatic rings. The molecule has 0 spiro atoms. The maximum Gasteiger partial charge on any atom is 0.261 e. The van der Waals surface area contributed by atoms with Gasteiger partial charge in [-0.05, 0) is 36.1 Å². The molecule has 2 heterocycles. The summed E-state index contributed by atoms with van der Waals surface area (Å²) in [6.45, 7) is 0.513. The first-order valence-electron chi connectivity index (χ1n) is 8.32. The van der Waals surface area contributed by atoms with E-state index in [4.69, 9.17) is 0 Å². The van der Waals surface area contributed by atoms with E-state index in [1.54, 1.807) is 17.5 Å². The van der Waals surface area contributed by atoms with Gasteiger partial charge in [0, 0.05) is 19.5 Å². The quantitative estimate of drug-likeness (QED) is 0.629. The van der Waals surface area contributed by atoms with Crippen molar-refractivity contribution >= 4 is 44.5 Å². The summed E-state index contributed by atoms with van der Waals surface area (Å²) in [6, 6.07) is 7.73. The Hall–Kier alpha value is -2.59. The number of aromatic hydroxyl groups is 1. The number of anilines is 2. The zero-order valence-electron chi connectivity index (χ0n) is 14.3. The molecule has 0 aliphatic carbocycles. The van der Waals surface area contributed by atoms with Crippen LogP contribution in [0.2, 0.25) is 0 Å². The van der Waals surface area contributed by atoms with E-state index in [1.807, 2.05) is 0 Å². The molecule has 2 amide bonds. The fourth-order valence-electron chi connectivity index (χ4n) is 2.71. The number of carbonyl (C=O) groups excluding carboxylic acids is 2. The molecule has 3 rings (SSSR count). The van der Waals surface area contributed by atoms with Crippen LogP contribution in [0.3, 0.4) is 0 Å². The van der Waals surface area contributed by atoms with Gasteiger partial charge in [-0.2, -0.15) is 0 Å². The highest BCUT2D eigenvalue weighted by molar-refractivity contribution is 7.93. The zero-order chi connectivity index (χ0) is 19.4. The van der Waals surface area contributed by atoms with Gasteiger partial charge in [0.25, 0.3) is 5.91 Å². The number of thiophene rings is 1. The van der Waals surface area contributed by atoms with Crippen molar-refractivity contribution in [2.45, 2.75) is 12.8 Å². The van der Waals surface area contributed by atoms with E-state index in [0.29, 0.717) is 23.5 Å². The van der Waals surface area contributed by atoms with Gasteiger partial charge < -0.3 is 15.7 Å². The van der Waals surface area contributed by atoms with Crippen molar-refractivity contribution in [3.8, 4) is 5.75 Å². The van der Waals surface area contributed by atoms with Crippen molar-refractivity contribution in [1.29, 1.82) is 0 Å². The number of sulfonamides is 1. The minimum Gasteiger partial charge on any atom is -0.506 e. The number of rotatable bonds is 6. The van der Waals surface area contributed by atoms with Crippen LogP contribution in [0.5, 0.6) is 5.75 Å². The third-order valence-electron chi connectivity index (χ3n) is 4.02. The Morgan fingerprint density at radius 3 is 2.74 bits per heavy atom. The highest BCUT2D eigenvalue weighted by atomic mass is 32.2. The molecule has 8 nitrogen and oxygen atoms in total. The summed E-state index contributed by atoms with van der Waals surface area (Å²) >= 11 is 1.31. The standard InChI is InChI=1S/C17H19N3O5S2/c21-14-5-4-12(20-8-2-10-27(20,24)25)11-13(14)19-16(22)6-7-18-17(23)15-3-1-9-26-15/h1,3-5,9,11,21H,2,6-8,10H2,(H,18,23)(H,19,22). The maximum atomic E-state index is 12.1. The Kier molecular flexibility index (Phi) is 5.66. The maximum absolute atomic E-state index is 12.1. The Bertz CT molecular complexity index is 941. The van der Waals surface area contributed by atoms with E-state index in [2.05, 4.69) is 10.6 Å². The van der Waals surface area contributed by atoms with Crippen molar-refractivity contribution in [3.05, 3.63) is 40.6 Å². The van der Waals surface area contributed by atoms with E-state index in [9.17, 15) is 23.1 Å².